The van der Waals surface area contributed by atoms with Gasteiger partial charge in [-0.25, -0.2) is 13.6 Å². The predicted octanol–water partition coefficient (Wildman–Crippen LogP) is -0.230. The van der Waals surface area contributed by atoms with E-state index in [4.69, 9.17) is 9.88 Å². The van der Waals surface area contributed by atoms with E-state index in [0.717, 1.165) is 18.4 Å². The van der Waals surface area contributed by atoms with Gasteiger partial charge in [0.25, 0.3) is 15.8 Å². The maximum Gasteiger partial charge on any atom is 0.277 e. The summed E-state index contributed by atoms with van der Waals surface area (Å²) in [7, 11) is -7.76. The van der Waals surface area contributed by atoms with Crippen LogP contribution in [0, 0.1) is 16.0 Å². The summed E-state index contributed by atoms with van der Waals surface area (Å²) >= 11 is 0. The number of rotatable bonds is 5. The van der Waals surface area contributed by atoms with Gasteiger partial charge in [-0.3, -0.25) is 14.3 Å². The average Bonchev–Trinajstić information content (AvgIpc) is 2.41. The number of primary sulfonamides is 1. The Labute approximate surface area is 132 Å². The maximum absolute atomic E-state index is 11.4. The lowest BCUT2D eigenvalue weighted by Gasteiger charge is -2.24. The number of hydrogen-bond acceptors (Lipinski definition) is 8. The summed E-state index contributed by atoms with van der Waals surface area (Å²) in [6.07, 6.45) is 1.01. The van der Waals surface area contributed by atoms with Gasteiger partial charge in [0.15, 0.2) is 0 Å². The molecule has 0 saturated carbocycles. The van der Waals surface area contributed by atoms with Crippen LogP contribution in [-0.2, 0) is 30.7 Å². The van der Waals surface area contributed by atoms with E-state index in [1.165, 1.54) is 0 Å². The quantitative estimate of drug-likeness (QED) is 0.425. The fourth-order valence-electron chi connectivity index (χ4n) is 2.15. The molecule has 1 aliphatic heterocycles. The van der Waals surface area contributed by atoms with Gasteiger partial charge in [-0.05, 0) is 6.42 Å². The summed E-state index contributed by atoms with van der Waals surface area (Å²) in [4.78, 5) is 10.0. The molecule has 0 aliphatic carbocycles. The normalized spacial score (nSPS) is 18.1. The zero-order chi connectivity index (χ0) is 17.4. The molecule has 0 fully saturated rings. The Hall–Kier alpha value is -1.76. The molecule has 0 amide bonds. The van der Waals surface area contributed by atoms with Crippen molar-refractivity contribution in [2.45, 2.75) is 11.3 Å². The highest BCUT2D eigenvalue weighted by molar-refractivity contribution is 7.89. The number of nitro groups is 1. The van der Waals surface area contributed by atoms with Gasteiger partial charge in [0.05, 0.1) is 34.9 Å². The third-order valence-electron chi connectivity index (χ3n) is 3.17. The molecule has 2 N–H and O–H groups in total. The number of fused-ring (bicyclic) bond motifs is 1. The highest BCUT2D eigenvalue weighted by Gasteiger charge is 2.30. The summed E-state index contributed by atoms with van der Waals surface area (Å²) in [6.45, 7) is -0.153. The molecule has 1 aliphatic rings. The van der Waals surface area contributed by atoms with Crippen molar-refractivity contribution < 1.29 is 30.7 Å². The van der Waals surface area contributed by atoms with Crippen LogP contribution in [0.5, 0.6) is 5.75 Å². The molecule has 1 heterocycles. The van der Waals surface area contributed by atoms with E-state index in [2.05, 4.69) is 4.18 Å². The fourth-order valence-corrected chi connectivity index (χ4v) is 3.14. The standard InChI is InChI=1S/C11H14N2O8S2/c1-22(16,17)21-6-7-2-9-10(13(14)15)3-8(23(12,18)19)4-11(9)20-5-7/h3-4,7H,2,5-6H2,1H3,(H2,12,18,19)/t7-/m0/s1. The van der Waals surface area contributed by atoms with Gasteiger partial charge in [0, 0.05) is 18.1 Å². The van der Waals surface area contributed by atoms with Gasteiger partial charge in [0.2, 0.25) is 10.0 Å². The number of nitro benzene ring substituents is 1. The van der Waals surface area contributed by atoms with Crippen LogP contribution < -0.4 is 9.88 Å². The zero-order valence-corrected chi connectivity index (χ0v) is 13.6. The summed E-state index contributed by atoms with van der Waals surface area (Å²) in [5, 5.41) is 16.2. The van der Waals surface area contributed by atoms with E-state index >= 15 is 0 Å². The second-order valence-corrected chi connectivity index (χ2v) is 8.30. The maximum atomic E-state index is 11.4. The van der Waals surface area contributed by atoms with Crippen molar-refractivity contribution in [3.8, 4) is 5.75 Å². The molecule has 0 radical (unpaired) electrons. The van der Waals surface area contributed by atoms with Crippen molar-refractivity contribution in [1.82, 2.24) is 0 Å². The minimum atomic E-state index is -4.12. The molecule has 0 saturated heterocycles. The molecule has 128 valence electrons. The lowest BCUT2D eigenvalue weighted by Crippen LogP contribution is -2.27. The molecule has 0 spiro atoms. The average molecular weight is 366 g/mol. The van der Waals surface area contributed by atoms with E-state index < -0.39 is 41.6 Å². The molecule has 10 nitrogen and oxygen atoms in total. The van der Waals surface area contributed by atoms with Crippen molar-refractivity contribution >= 4 is 25.8 Å². The van der Waals surface area contributed by atoms with Crippen molar-refractivity contribution in [1.29, 1.82) is 0 Å². The zero-order valence-electron chi connectivity index (χ0n) is 12.0. The summed E-state index contributed by atoms with van der Waals surface area (Å²) in [5.41, 5.74) is -0.272. The monoisotopic (exact) mass is 366 g/mol. The molecule has 1 aromatic carbocycles. The van der Waals surface area contributed by atoms with E-state index in [-0.39, 0.29) is 30.9 Å². The lowest BCUT2D eigenvalue weighted by atomic mass is 9.96. The summed E-state index contributed by atoms with van der Waals surface area (Å²) in [6, 6.07) is 1.97. The topological polar surface area (TPSA) is 156 Å². The first kappa shape index (κ1) is 17.6. The minimum absolute atomic E-state index is 0.0355. The number of nitrogens with two attached hydrogens (primary N) is 1. The van der Waals surface area contributed by atoms with Crippen LogP contribution in [0.2, 0.25) is 0 Å². The Morgan fingerprint density at radius 3 is 2.57 bits per heavy atom. The Balaban J connectivity index is 2.37. The number of ether oxygens (including phenoxy) is 1. The van der Waals surface area contributed by atoms with Crippen molar-refractivity contribution in [2.24, 2.45) is 11.1 Å². The van der Waals surface area contributed by atoms with Crippen LogP contribution >= 0.6 is 0 Å². The molecule has 0 unspecified atom stereocenters. The second kappa shape index (κ2) is 6.03. The number of sulfonamides is 1. The molecule has 1 atom stereocenters. The first-order valence-electron chi connectivity index (χ1n) is 6.28. The van der Waals surface area contributed by atoms with Crippen LogP contribution in [0.25, 0.3) is 0 Å². The molecule has 12 heteroatoms. The van der Waals surface area contributed by atoms with Crippen LogP contribution in [0.3, 0.4) is 0 Å². The third kappa shape index (κ3) is 4.37. The summed E-state index contributed by atoms with van der Waals surface area (Å²) < 4.78 is 54.8. The Kier molecular flexibility index (Phi) is 4.61. The van der Waals surface area contributed by atoms with E-state index in [1.54, 1.807) is 0 Å². The molecular formula is C11H14N2O8S2. The molecule has 2 rings (SSSR count). The SMILES string of the molecule is CS(=O)(=O)OC[C@@H]1COc2cc(S(N)(=O)=O)cc([N+](=O)[O-])c2C1. The fraction of sp³-hybridized carbons (Fsp3) is 0.455. The summed E-state index contributed by atoms with van der Waals surface area (Å²) in [5.74, 6) is -0.380. The van der Waals surface area contributed by atoms with Gasteiger partial charge in [-0.1, -0.05) is 0 Å². The van der Waals surface area contributed by atoms with Gasteiger partial charge >= 0.3 is 0 Å². The number of hydrogen-bond donors (Lipinski definition) is 1. The third-order valence-corrected chi connectivity index (χ3v) is 4.63. The number of benzene rings is 1. The number of nitrogens with zero attached hydrogens (tertiary/aromatic N) is 1. The molecule has 1 aromatic rings. The van der Waals surface area contributed by atoms with E-state index in [9.17, 15) is 26.9 Å². The van der Waals surface area contributed by atoms with Crippen LogP contribution in [-0.4, -0.2) is 41.2 Å². The molecule has 0 bridgehead atoms. The van der Waals surface area contributed by atoms with Crippen LogP contribution in [0.1, 0.15) is 5.56 Å². The van der Waals surface area contributed by atoms with Crippen molar-refractivity contribution in [3.05, 3.63) is 27.8 Å². The van der Waals surface area contributed by atoms with Crippen LogP contribution in [0.15, 0.2) is 17.0 Å². The van der Waals surface area contributed by atoms with E-state index in [0.29, 0.717) is 0 Å². The molecular weight excluding hydrogens is 352 g/mol. The lowest BCUT2D eigenvalue weighted by molar-refractivity contribution is -0.386. The molecule has 23 heavy (non-hydrogen) atoms. The molecule has 0 aromatic heterocycles. The second-order valence-electron chi connectivity index (χ2n) is 5.09. The van der Waals surface area contributed by atoms with Gasteiger partial charge in [0.1, 0.15) is 5.75 Å². The van der Waals surface area contributed by atoms with Gasteiger partial charge < -0.3 is 4.74 Å². The first-order chi connectivity index (χ1) is 10.5. The van der Waals surface area contributed by atoms with Crippen molar-refractivity contribution in [2.75, 3.05) is 19.5 Å². The van der Waals surface area contributed by atoms with Gasteiger partial charge in [-0.15, -0.1) is 0 Å². The van der Waals surface area contributed by atoms with Crippen molar-refractivity contribution in [3.63, 3.8) is 0 Å². The Morgan fingerprint density at radius 1 is 1.39 bits per heavy atom. The minimum Gasteiger partial charge on any atom is -0.493 e. The van der Waals surface area contributed by atoms with Gasteiger partial charge in [-0.2, -0.15) is 8.42 Å². The predicted molar refractivity (Wildman–Crippen MR) is 78.0 cm³/mol. The van der Waals surface area contributed by atoms with Crippen LogP contribution in [0.4, 0.5) is 5.69 Å². The smallest absolute Gasteiger partial charge is 0.277 e. The highest BCUT2D eigenvalue weighted by atomic mass is 32.2. The Bertz CT molecular complexity index is 847. The first-order valence-corrected chi connectivity index (χ1v) is 9.65. The Morgan fingerprint density at radius 2 is 2.04 bits per heavy atom. The highest BCUT2D eigenvalue weighted by Crippen LogP contribution is 2.37. The largest absolute Gasteiger partial charge is 0.493 e. The van der Waals surface area contributed by atoms with E-state index in [1.807, 2.05) is 0 Å².